The van der Waals surface area contributed by atoms with Gasteiger partial charge in [-0.15, -0.1) is 5.10 Å². The fourth-order valence-corrected chi connectivity index (χ4v) is 2.48. The van der Waals surface area contributed by atoms with Crippen molar-refractivity contribution in [1.29, 1.82) is 0 Å². The van der Waals surface area contributed by atoms with Gasteiger partial charge in [0.2, 0.25) is 0 Å². The number of nitrogens with zero attached hydrogens (tertiary/aromatic N) is 3. The summed E-state index contributed by atoms with van der Waals surface area (Å²) in [5.74, 6) is -0.808. The molecule has 0 saturated carbocycles. The average Bonchev–Trinajstić information content (AvgIpc) is 3.08. The van der Waals surface area contributed by atoms with E-state index in [2.05, 4.69) is 27.8 Å². The molecule has 0 amide bonds. The molecule has 1 fully saturated rings. The van der Waals surface area contributed by atoms with Crippen molar-refractivity contribution in [1.82, 2.24) is 20.3 Å². The number of nitrogens with one attached hydrogen (secondary N) is 1. The molecule has 2 atom stereocenters. The van der Waals surface area contributed by atoms with E-state index in [4.69, 9.17) is 5.11 Å². The molecule has 0 spiro atoms. The molecule has 20 heavy (non-hydrogen) atoms. The third-order valence-corrected chi connectivity index (χ3v) is 3.57. The lowest BCUT2D eigenvalue weighted by atomic mass is 10.1. The van der Waals surface area contributed by atoms with Gasteiger partial charge >= 0.3 is 5.97 Å². The molecule has 0 unspecified atom stereocenters. The molecule has 0 bridgehead atoms. The summed E-state index contributed by atoms with van der Waals surface area (Å²) in [5, 5.41) is 20.2. The van der Waals surface area contributed by atoms with E-state index in [1.54, 1.807) is 4.68 Å². The third-order valence-electron chi connectivity index (χ3n) is 3.57. The van der Waals surface area contributed by atoms with Crippen molar-refractivity contribution in [2.45, 2.75) is 24.9 Å². The van der Waals surface area contributed by atoms with Crippen LogP contribution in [0.5, 0.6) is 0 Å². The average molecular weight is 272 g/mol. The van der Waals surface area contributed by atoms with Crippen LogP contribution in [0.25, 0.3) is 0 Å². The molecular formula is C14H16N4O2. The molecule has 1 aliphatic rings. The van der Waals surface area contributed by atoms with Gasteiger partial charge in [0, 0.05) is 19.2 Å². The Balaban J connectivity index is 1.67. The molecule has 104 valence electrons. The highest BCUT2D eigenvalue weighted by atomic mass is 16.4. The van der Waals surface area contributed by atoms with Crippen LogP contribution >= 0.6 is 0 Å². The minimum absolute atomic E-state index is 0.0631. The number of hydrogen-bond donors (Lipinski definition) is 2. The van der Waals surface area contributed by atoms with Gasteiger partial charge in [0.25, 0.3) is 0 Å². The fourth-order valence-electron chi connectivity index (χ4n) is 2.48. The summed E-state index contributed by atoms with van der Waals surface area (Å²) in [4.78, 5) is 10.9. The van der Waals surface area contributed by atoms with Crippen molar-refractivity contribution in [2.24, 2.45) is 0 Å². The lowest BCUT2D eigenvalue weighted by molar-refractivity contribution is -0.139. The number of hydrogen-bond acceptors (Lipinski definition) is 4. The largest absolute Gasteiger partial charge is 0.480 e. The Labute approximate surface area is 116 Å². The maximum atomic E-state index is 10.9. The Bertz CT molecular complexity index is 596. The molecule has 1 aromatic heterocycles. The zero-order valence-corrected chi connectivity index (χ0v) is 10.9. The van der Waals surface area contributed by atoms with Gasteiger partial charge in [-0.25, -0.2) is 4.68 Å². The van der Waals surface area contributed by atoms with Crippen LogP contribution in [0, 0.1) is 0 Å². The SMILES string of the molecule is O=C(O)[C@@H]1C[C@H](n2cc(Cc3ccccc3)nn2)CN1. The van der Waals surface area contributed by atoms with Gasteiger partial charge in [-0.3, -0.25) is 4.79 Å². The van der Waals surface area contributed by atoms with E-state index in [-0.39, 0.29) is 6.04 Å². The Morgan fingerprint density at radius 2 is 2.20 bits per heavy atom. The van der Waals surface area contributed by atoms with E-state index in [0.29, 0.717) is 13.0 Å². The first-order valence-electron chi connectivity index (χ1n) is 6.63. The summed E-state index contributed by atoms with van der Waals surface area (Å²) in [6, 6.07) is 9.66. The smallest absolute Gasteiger partial charge is 0.320 e. The number of rotatable bonds is 4. The predicted molar refractivity (Wildman–Crippen MR) is 72.4 cm³/mol. The Kier molecular flexibility index (Phi) is 3.47. The maximum absolute atomic E-state index is 10.9. The van der Waals surface area contributed by atoms with Crippen LogP contribution in [0.4, 0.5) is 0 Å². The molecular weight excluding hydrogens is 256 g/mol. The van der Waals surface area contributed by atoms with E-state index < -0.39 is 12.0 Å². The van der Waals surface area contributed by atoms with Gasteiger partial charge < -0.3 is 10.4 Å². The monoisotopic (exact) mass is 272 g/mol. The molecule has 0 radical (unpaired) electrons. The van der Waals surface area contributed by atoms with Gasteiger partial charge in [-0.1, -0.05) is 35.5 Å². The minimum Gasteiger partial charge on any atom is -0.480 e. The second-order valence-electron chi connectivity index (χ2n) is 5.04. The summed E-state index contributed by atoms with van der Waals surface area (Å²) < 4.78 is 1.77. The second-order valence-corrected chi connectivity index (χ2v) is 5.04. The summed E-state index contributed by atoms with van der Waals surface area (Å²) in [5.41, 5.74) is 2.09. The Morgan fingerprint density at radius 1 is 1.40 bits per heavy atom. The quantitative estimate of drug-likeness (QED) is 0.862. The number of carboxylic acids is 1. The van der Waals surface area contributed by atoms with Crippen LogP contribution in [0.15, 0.2) is 36.5 Å². The highest BCUT2D eigenvalue weighted by Crippen LogP contribution is 2.19. The standard InChI is InChI=1S/C14H16N4O2/c19-14(20)13-7-12(8-15-13)18-9-11(16-17-18)6-10-4-2-1-3-5-10/h1-5,9,12-13,15H,6-8H2,(H,19,20)/t12-,13-/m0/s1. The number of carbonyl (C=O) groups is 1. The van der Waals surface area contributed by atoms with Crippen molar-refractivity contribution < 1.29 is 9.90 Å². The van der Waals surface area contributed by atoms with Gasteiger partial charge in [-0.05, 0) is 12.0 Å². The first kappa shape index (κ1) is 12.8. The zero-order valence-electron chi connectivity index (χ0n) is 10.9. The van der Waals surface area contributed by atoms with E-state index in [9.17, 15) is 4.79 Å². The predicted octanol–water partition coefficient (Wildman–Crippen LogP) is 0.857. The maximum Gasteiger partial charge on any atom is 0.320 e. The van der Waals surface area contributed by atoms with Crippen LogP contribution in [-0.4, -0.2) is 38.7 Å². The molecule has 6 heteroatoms. The van der Waals surface area contributed by atoms with Crippen LogP contribution in [0.1, 0.15) is 23.7 Å². The first-order chi connectivity index (χ1) is 9.72. The fraction of sp³-hybridized carbons (Fsp3) is 0.357. The molecule has 0 aliphatic carbocycles. The van der Waals surface area contributed by atoms with Crippen LogP contribution in [0.2, 0.25) is 0 Å². The van der Waals surface area contributed by atoms with Crippen molar-refractivity contribution >= 4 is 5.97 Å². The summed E-state index contributed by atoms with van der Waals surface area (Å²) in [7, 11) is 0. The number of aliphatic carboxylic acids is 1. The van der Waals surface area contributed by atoms with Gasteiger partial charge in [0.1, 0.15) is 6.04 Å². The van der Waals surface area contributed by atoms with Crippen molar-refractivity contribution in [3.8, 4) is 0 Å². The van der Waals surface area contributed by atoms with E-state index in [1.807, 2.05) is 24.4 Å². The lowest BCUT2D eigenvalue weighted by Crippen LogP contribution is -2.29. The van der Waals surface area contributed by atoms with Gasteiger partial charge in [0.05, 0.1) is 11.7 Å². The molecule has 2 N–H and O–H groups in total. The second kappa shape index (κ2) is 5.42. The van der Waals surface area contributed by atoms with Gasteiger partial charge in [0.15, 0.2) is 0 Å². The number of aromatic nitrogens is 3. The van der Waals surface area contributed by atoms with Crippen LogP contribution < -0.4 is 5.32 Å². The van der Waals surface area contributed by atoms with E-state index in [0.717, 1.165) is 12.1 Å². The van der Waals surface area contributed by atoms with Crippen molar-refractivity contribution in [3.63, 3.8) is 0 Å². The molecule has 6 nitrogen and oxygen atoms in total. The molecule has 1 aromatic carbocycles. The first-order valence-corrected chi connectivity index (χ1v) is 6.63. The highest BCUT2D eigenvalue weighted by molar-refractivity contribution is 5.73. The topological polar surface area (TPSA) is 80.0 Å². The van der Waals surface area contributed by atoms with Crippen LogP contribution in [0.3, 0.4) is 0 Å². The highest BCUT2D eigenvalue weighted by Gasteiger charge is 2.30. The summed E-state index contributed by atoms with van der Waals surface area (Å²) >= 11 is 0. The lowest BCUT2D eigenvalue weighted by Gasteiger charge is -2.07. The molecule has 3 rings (SSSR count). The van der Waals surface area contributed by atoms with Crippen LogP contribution in [-0.2, 0) is 11.2 Å². The molecule has 2 heterocycles. The van der Waals surface area contributed by atoms with E-state index in [1.165, 1.54) is 5.56 Å². The molecule has 2 aromatic rings. The Hall–Kier alpha value is -2.21. The summed E-state index contributed by atoms with van der Waals surface area (Å²) in [6.45, 7) is 0.616. The Morgan fingerprint density at radius 3 is 2.90 bits per heavy atom. The normalized spacial score (nSPS) is 22.0. The van der Waals surface area contributed by atoms with Gasteiger partial charge in [-0.2, -0.15) is 0 Å². The minimum atomic E-state index is -0.808. The van der Waals surface area contributed by atoms with Crippen molar-refractivity contribution in [3.05, 3.63) is 47.8 Å². The third kappa shape index (κ3) is 2.70. The number of carboxylic acid groups (broad SMARTS) is 1. The summed E-state index contributed by atoms with van der Waals surface area (Å²) in [6.07, 6.45) is 3.19. The number of benzene rings is 1. The molecule has 1 aliphatic heterocycles. The zero-order chi connectivity index (χ0) is 13.9. The van der Waals surface area contributed by atoms with E-state index >= 15 is 0 Å². The molecule has 1 saturated heterocycles. The van der Waals surface area contributed by atoms with Crippen molar-refractivity contribution in [2.75, 3.05) is 6.54 Å².